The van der Waals surface area contributed by atoms with Crippen LogP contribution in [-0.2, 0) is 9.53 Å². The second-order valence-corrected chi connectivity index (χ2v) is 2.84. The predicted octanol–water partition coefficient (Wildman–Crippen LogP) is 1.23. The van der Waals surface area contributed by atoms with Gasteiger partial charge in [-0.25, -0.2) is 4.79 Å². The summed E-state index contributed by atoms with van der Waals surface area (Å²) < 4.78 is 4.35. The summed E-state index contributed by atoms with van der Waals surface area (Å²) in [5.74, 6) is -1.09. The summed E-state index contributed by atoms with van der Waals surface area (Å²) in [5.41, 5.74) is 0. The number of alkyl carbamates (subject to hydrolysis) is 1. The molecule has 0 atom stereocenters. The molecule has 1 aliphatic rings. The van der Waals surface area contributed by atoms with E-state index in [1.165, 1.54) is 7.11 Å². The van der Waals surface area contributed by atoms with Crippen LogP contribution in [0.1, 0.15) is 26.7 Å². The third-order valence-corrected chi connectivity index (χ3v) is 1.99. The lowest BCUT2D eigenvalue weighted by molar-refractivity contribution is -0.145. The second-order valence-electron chi connectivity index (χ2n) is 2.84. The van der Waals surface area contributed by atoms with Gasteiger partial charge in [0.15, 0.2) is 0 Å². The van der Waals surface area contributed by atoms with Crippen molar-refractivity contribution in [3.05, 3.63) is 0 Å². The Hall–Kier alpha value is -1.26. The number of hydrogen-bond donors (Lipinski definition) is 2. The van der Waals surface area contributed by atoms with Crippen molar-refractivity contribution in [1.82, 2.24) is 5.32 Å². The molecule has 5 nitrogen and oxygen atoms in total. The van der Waals surface area contributed by atoms with E-state index >= 15 is 0 Å². The lowest BCUT2D eigenvalue weighted by atomic mass is 9.80. The van der Waals surface area contributed by atoms with E-state index in [-0.39, 0.29) is 12.0 Å². The first-order chi connectivity index (χ1) is 6.63. The predicted molar refractivity (Wildman–Crippen MR) is 51.0 cm³/mol. The third kappa shape index (κ3) is 3.64. The Balaban J connectivity index is 0.000000791. The first-order valence-corrected chi connectivity index (χ1v) is 4.70. The Morgan fingerprint density at radius 1 is 1.36 bits per heavy atom. The van der Waals surface area contributed by atoms with Crippen LogP contribution >= 0.6 is 0 Å². The molecule has 1 amide bonds. The van der Waals surface area contributed by atoms with Crippen LogP contribution in [0.4, 0.5) is 4.79 Å². The molecule has 0 saturated heterocycles. The minimum atomic E-state index is -0.794. The molecular weight excluding hydrogens is 186 g/mol. The Labute approximate surface area is 83.4 Å². The highest BCUT2D eigenvalue weighted by molar-refractivity contribution is 5.72. The molecule has 14 heavy (non-hydrogen) atoms. The molecule has 1 rings (SSSR count). The van der Waals surface area contributed by atoms with E-state index in [4.69, 9.17) is 5.11 Å². The number of methoxy groups -OCH3 is 1. The number of carbonyl (C=O) groups is 2. The molecule has 0 unspecified atom stereocenters. The van der Waals surface area contributed by atoms with Gasteiger partial charge in [-0.1, -0.05) is 13.8 Å². The van der Waals surface area contributed by atoms with Crippen molar-refractivity contribution in [3.63, 3.8) is 0 Å². The molecule has 0 aromatic rings. The smallest absolute Gasteiger partial charge is 0.407 e. The van der Waals surface area contributed by atoms with Crippen molar-refractivity contribution in [2.75, 3.05) is 7.11 Å². The zero-order valence-corrected chi connectivity index (χ0v) is 8.74. The second kappa shape index (κ2) is 6.23. The number of ether oxygens (including phenoxy) is 1. The Morgan fingerprint density at radius 2 is 1.86 bits per heavy atom. The van der Waals surface area contributed by atoms with Crippen molar-refractivity contribution in [2.24, 2.45) is 5.92 Å². The molecule has 0 radical (unpaired) electrons. The van der Waals surface area contributed by atoms with E-state index < -0.39 is 12.1 Å². The SMILES string of the molecule is CC.COC(=O)NC1CC(C(=O)O)C1. The van der Waals surface area contributed by atoms with Gasteiger partial charge in [0.2, 0.25) is 0 Å². The summed E-state index contributed by atoms with van der Waals surface area (Å²) in [4.78, 5) is 20.9. The average molecular weight is 203 g/mol. The zero-order chi connectivity index (χ0) is 11.1. The molecular formula is C9H17NO4. The maximum absolute atomic E-state index is 10.6. The van der Waals surface area contributed by atoms with Crippen LogP contribution in [0.3, 0.4) is 0 Å². The molecule has 2 N–H and O–H groups in total. The maximum Gasteiger partial charge on any atom is 0.407 e. The van der Waals surface area contributed by atoms with Crippen LogP contribution in [0.5, 0.6) is 0 Å². The summed E-state index contributed by atoms with van der Waals surface area (Å²) >= 11 is 0. The fraction of sp³-hybridized carbons (Fsp3) is 0.778. The first kappa shape index (κ1) is 12.7. The van der Waals surface area contributed by atoms with Crippen LogP contribution in [0, 0.1) is 5.92 Å². The summed E-state index contributed by atoms with van der Waals surface area (Å²) in [6.45, 7) is 4.00. The fourth-order valence-corrected chi connectivity index (χ4v) is 1.16. The maximum atomic E-state index is 10.6. The van der Waals surface area contributed by atoms with Crippen molar-refractivity contribution in [2.45, 2.75) is 32.7 Å². The number of hydrogen-bond acceptors (Lipinski definition) is 3. The van der Waals surface area contributed by atoms with E-state index in [9.17, 15) is 9.59 Å². The number of rotatable bonds is 2. The van der Waals surface area contributed by atoms with Gasteiger partial charge in [-0.2, -0.15) is 0 Å². The van der Waals surface area contributed by atoms with Gasteiger partial charge >= 0.3 is 12.1 Å². The van der Waals surface area contributed by atoms with Crippen molar-refractivity contribution in [3.8, 4) is 0 Å². The van der Waals surface area contributed by atoms with Gasteiger partial charge in [0.05, 0.1) is 13.0 Å². The van der Waals surface area contributed by atoms with Gasteiger partial charge in [-0.15, -0.1) is 0 Å². The standard InChI is InChI=1S/C7H11NO4.C2H6/c1-12-7(11)8-5-2-4(3-5)6(9)10;1-2/h4-5H,2-3H2,1H3,(H,8,11)(H,9,10);1-2H3. The average Bonchev–Trinajstić information content (AvgIpc) is 2.12. The van der Waals surface area contributed by atoms with Gasteiger partial charge < -0.3 is 15.2 Å². The highest BCUT2D eigenvalue weighted by atomic mass is 16.5. The molecule has 1 saturated carbocycles. The zero-order valence-electron chi connectivity index (χ0n) is 8.74. The Morgan fingerprint density at radius 3 is 2.21 bits per heavy atom. The normalized spacial score (nSPS) is 23.6. The van der Waals surface area contributed by atoms with Crippen LogP contribution in [0.2, 0.25) is 0 Å². The Bertz CT molecular complexity index is 199. The lowest BCUT2D eigenvalue weighted by Gasteiger charge is -2.32. The Kier molecular flexibility index (Phi) is 5.67. The summed E-state index contributed by atoms with van der Waals surface area (Å²) in [6, 6.07) is -0.0291. The third-order valence-electron chi connectivity index (χ3n) is 1.99. The number of aliphatic carboxylic acids is 1. The van der Waals surface area contributed by atoms with Crippen LogP contribution in [0.25, 0.3) is 0 Å². The molecule has 0 aromatic heterocycles. The van der Waals surface area contributed by atoms with Gasteiger partial charge in [0, 0.05) is 6.04 Å². The van der Waals surface area contributed by atoms with E-state index in [0.29, 0.717) is 12.8 Å². The quantitative estimate of drug-likeness (QED) is 0.707. The summed E-state index contributed by atoms with van der Waals surface area (Å²) in [6.07, 6.45) is 0.512. The molecule has 1 fully saturated rings. The molecule has 1 aliphatic carbocycles. The van der Waals surface area contributed by atoms with Crippen LogP contribution < -0.4 is 5.32 Å². The summed E-state index contributed by atoms with van der Waals surface area (Å²) in [7, 11) is 1.28. The topological polar surface area (TPSA) is 75.6 Å². The summed E-state index contributed by atoms with van der Waals surface area (Å²) in [5, 5.41) is 11.0. The molecule has 0 aliphatic heterocycles. The van der Waals surface area contributed by atoms with Crippen LogP contribution in [-0.4, -0.2) is 30.3 Å². The van der Waals surface area contributed by atoms with Gasteiger partial charge in [-0.3, -0.25) is 4.79 Å². The van der Waals surface area contributed by atoms with Gasteiger partial charge in [0.25, 0.3) is 0 Å². The molecule has 0 aromatic carbocycles. The minimum absolute atomic E-state index is 0.0291. The van der Waals surface area contributed by atoms with E-state index in [1.54, 1.807) is 0 Å². The highest BCUT2D eigenvalue weighted by Gasteiger charge is 2.35. The van der Waals surface area contributed by atoms with Crippen molar-refractivity contribution >= 4 is 12.1 Å². The molecule has 82 valence electrons. The molecule has 0 spiro atoms. The number of carboxylic acid groups (broad SMARTS) is 1. The molecule has 5 heteroatoms. The molecule has 0 bridgehead atoms. The van der Waals surface area contributed by atoms with E-state index in [2.05, 4.69) is 10.1 Å². The van der Waals surface area contributed by atoms with E-state index in [0.717, 1.165) is 0 Å². The highest BCUT2D eigenvalue weighted by Crippen LogP contribution is 2.27. The largest absolute Gasteiger partial charge is 0.481 e. The lowest BCUT2D eigenvalue weighted by Crippen LogP contribution is -2.46. The van der Waals surface area contributed by atoms with Gasteiger partial charge in [-0.05, 0) is 12.8 Å². The van der Waals surface area contributed by atoms with Crippen LogP contribution in [0.15, 0.2) is 0 Å². The fourth-order valence-electron chi connectivity index (χ4n) is 1.16. The van der Waals surface area contributed by atoms with Gasteiger partial charge in [0.1, 0.15) is 0 Å². The van der Waals surface area contributed by atoms with Crippen molar-refractivity contribution < 1.29 is 19.4 Å². The number of amides is 1. The van der Waals surface area contributed by atoms with Crippen molar-refractivity contribution in [1.29, 1.82) is 0 Å². The monoisotopic (exact) mass is 203 g/mol. The number of carboxylic acids is 1. The van der Waals surface area contributed by atoms with E-state index in [1.807, 2.05) is 13.8 Å². The number of carbonyl (C=O) groups excluding carboxylic acids is 1. The number of nitrogens with one attached hydrogen (secondary N) is 1. The first-order valence-electron chi connectivity index (χ1n) is 4.70. The molecule has 0 heterocycles. The minimum Gasteiger partial charge on any atom is -0.481 e.